The van der Waals surface area contributed by atoms with Crippen molar-refractivity contribution in [3.8, 4) is 0 Å². The molecule has 98 valence electrons. The summed E-state index contributed by atoms with van der Waals surface area (Å²) in [6.45, 7) is 1.95. The summed E-state index contributed by atoms with van der Waals surface area (Å²) in [5, 5.41) is 7.50. The predicted octanol–water partition coefficient (Wildman–Crippen LogP) is 3.19. The molecule has 0 saturated heterocycles. The molecular weight excluding hydrogens is 274 g/mol. The minimum atomic E-state index is 0.318. The third-order valence-electron chi connectivity index (χ3n) is 3.53. The Bertz CT molecular complexity index is 606. The summed E-state index contributed by atoms with van der Waals surface area (Å²) < 4.78 is 3.94. The van der Waals surface area contributed by atoms with Crippen molar-refractivity contribution in [2.45, 2.75) is 32.2 Å². The minimum Gasteiger partial charge on any atom is -0.368 e. The fraction of sp³-hybridized carbons (Fsp3) is 0.357. The maximum absolute atomic E-state index is 5.49. The number of nitrogens with zero attached hydrogens (tertiary/aromatic N) is 2. The highest BCUT2D eigenvalue weighted by Crippen LogP contribution is 2.30. The number of hydrogen-bond acceptors (Lipinski definition) is 4. The number of nitrogens with one attached hydrogen (secondary N) is 1. The number of aromatic nitrogens is 2. The van der Waals surface area contributed by atoms with E-state index in [4.69, 9.17) is 12.2 Å². The second-order valence-corrected chi connectivity index (χ2v) is 5.97. The normalized spacial score (nSPS) is 17.8. The summed E-state index contributed by atoms with van der Waals surface area (Å²) in [5.41, 5.74) is 3.73. The van der Waals surface area contributed by atoms with Crippen LogP contribution in [0.5, 0.6) is 0 Å². The van der Waals surface area contributed by atoms with E-state index in [1.165, 1.54) is 35.5 Å². The Morgan fingerprint density at radius 3 is 3.05 bits per heavy atom. The summed E-state index contributed by atoms with van der Waals surface area (Å²) in [6, 6.07) is 8.94. The number of benzene rings is 1. The Labute approximate surface area is 122 Å². The van der Waals surface area contributed by atoms with Crippen LogP contribution in [0.2, 0.25) is 0 Å². The molecule has 0 saturated carbocycles. The summed E-state index contributed by atoms with van der Waals surface area (Å²) >= 11 is 6.85. The van der Waals surface area contributed by atoms with Gasteiger partial charge in [-0.3, -0.25) is 0 Å². The lowest BCUT2D eigenvalue weighted by atomic mass is 9.88. The van der Waals surface area contributed by atoms with Crippen LogP contribution in [0.1, 0.15) is 40.6 Å². The van der Waals surface area contributed by atoms with Crippen molar-refractivity contribution in [2.24, 2.45) is 0 Å². The van der Waals surface area contributed by atoms with Gasteiger partial charge in [0.05, 0.1) is 11.7 Å². The first kappa shape index (κ1) is 12.7. The molecule has 0 fully saturated rings. The van der Waals surface area contributed by atoms with Crippen LogP contribution in [0.15, 0.2) is 24.3 Å². The van der Waals surface area contributed by atoms with Crippen LogP contribution in [0.4, 0.5) is 0 Å². The van der Waals surface area contributed by atoms with Gasteiger partial charge in [-0.15, -0.1) is 5.10 Å². The van der Waals surface area contributed by atoms with Crippen LogP contribution >= 0.6 is 23.8 Å². The van der Waals surface area contributed by atoms with E-state index in [0.29, 0.717) is 6.04 Å². The van der Waals surface area contributed by atoms with E-state index in [0.717, 1.165) is 22.0 Å². The third-order valence-corrected chi connectivity index (χ3v) is 4.83. The largest absolute Gasteiger partial charge is 0.368 e. The predicted molar refractivity (Wildman–Crippen MR) is 81.6 cm³/mol. The van der Waals surface area contributed by atoms with Crippen molar-refractivity contribution in [2.75, 3.05) is 0 Å². The van der Waals surface area contributed by atoms with E-state index in [9.17, 15) is 0 Å². The summed E-state index contributed by atoms with van der Waals surface area (Å²) in [6.07, 6.45) is 3.50. The van der Waals surface area contributed by atoms with Crippen molar-refractivity contribution in [3.63, 3.8) is 0 Å². The lowest BCUT2D eigenvalue weighted by molar-refractivity contribution is 0.530. The van der Waals surface area contributed by atoms with E-state index in [-0.39, 0.29) is 0 Å². The number of hydrogen-bond donors (Lipinski definition) is 1. The highest BCUT2D eigenvalue weighted by atomic mass is 32.1. The van der Waals surface area contributed by atoms with E-state index >= 15 is 0 Å². The molecule has 5 heteroatoms. The highest BCUT2D eigenvalue weighted by Gasteiger charge is 2.21. The summed E-state index contributed by atoms with van der Waals surface area (Å²) in [5.74, 6) is 0. The maximum atomic E-state index is 5.49. The molecule has 0 spiro atoms. The number of fused-ring (bicyclic) bond motifs is 1. The molecule has 1 heterocycles. The highest BCUT2D eigenvalue weighted by molar-refractivity contribution is 7.81. The minimum absolute atomic E-state index is 0.318. The van der Waals surface area contributed by atoms with Crippen molar-refractivity contribution in [1.29, 1.82) is 0 Å². The zero-order valence-electron chi connectivity index (χ0n) is 10.7. The smallest absolute Gasteiger partial charge is 0.120 e. The average molecular weight is 289 g/mol. The number of aryl methyl sites for hydroxylation is 2. The molecule has 1 aliphatic carbocycles. The monoisotopic (exact) mass is 289 g/mol. The lowest BCUT2D eigenvalue weighted by Gasteiger charge is -2.27. The van der Waals surface area contributed by atoms with E-state index in [1.54, 1.807) is 0 Å². The summed E-state index contributed by atoms with van der Waals surface area (Å²) in [4.78, 5) is 1.76. The molecule has 0 radical (unpaired) electrons. The molecular formula is C14H15N3S2. The molecule has 3 rings (SSSR count). The Morgan fingerprint density at radius 1 is 1.42 bits per heavy atom. The average Bonchev–Trinajstić information content (AvgIpc) is 2.85. The first-order valence-corrected chi connectivity index (χ1v) is 7.61. The Morgan fingerprint density at radius 2 is 2.26 bits per heavy atom. The van der Waals surface area contributed by atoms with Crippen LogP contribution in [0.25, 0.3) is 0 Å². The topological polar surface area (TPSA) is 37.8 Å². The third kappa shape index (κ3) is 2.53. The van der Waals surface area contributed by atoms with Gasteiger partial charge in [-0.25, -0.2) is 0 Å². The van der Waals surface area contributed by atoms with Crippen molar-refractivity contribution < 1.29 is 0 Å². The van der Waals surface area contributed by atoms with Crippen LogP contribution in [0.3, 0.4) is 0 Å². The van der Waals surface area contributed by atoms with Crippen LogP contribution in [0, 0.1) is 6.92 Å². The fourth-order valence-corrected chi connectivity index (χ4v) is 3.53. The second kappa shape index (κ2) is 5.35. The Kier molecular flexibility index (Phi) is 3.57. The Hall–Kier alpha value is -1.33. The quantitative estimate of drug-likeness (QED) is 0.862. The van der Waals surface area contributed by atoms with Crippen molar-refractivity contribution in [1.82, 2.24) is 14.9 Å². The van der Waals surface area contributed by atoms with Gasteiger partial charge in [-0.1, -0.05) is 41.0 Å². The fourth-order valence-electron chi connectivity index (χ4n) is 2.57. The number of rotatable bonds is 2. The maximum Gasteiger partial charge on any atom is 0.120 e. The molecule has 1 aromatic heterocycles. The second-order valence-electron chi connectivity index (χ2n) is 4.80. The van der Waals surface area contributed by atoms with Crippen LogP contribution < -0.4 is 5.32 Å². The molecule has 0 aliphatic heterocycles. The van der Waals surface area contributed by atoms with Gasteiger partial charge in [0, 0.05) is 0 Å². The van der Waals surface area contributed by atoms with Crippen molar-refractivity contribution >= 4 is 28.7 Å². The zero-order valence-corrected chi connectivity index (χ0v) is 12.4. The van der Waals surface area contributed by atoms with Crippen molar-refractivity contribution in [3.05, 3.63) is 46.0 Å². The first-order valence-electron chi connectivity index (χ1n) is 6.43. The van der Waals surface area contributed by atoms with Gasteiger partial charge in [-0.2, -0.15) is 0 Å². The molecule has 1 unspecified atom stereocenters. The van der Waals surface area contributed by atoms with E-state index < -0.39 is 0 Å². The van der Waals surface area contributed by atoms with Crippen LogP contribution in [-0.2, 0) is 6.42 Å². The molecule has 0 amide bonds. The molecule has 19 heavy (non-hydrogen) atoms. The number of thiocarbonyl (C=S) groups is 1. The molecule has 0 bridgehead atoms. The summed E-state index contributed by atoms with van der Waals surface area (Å²) in [7, 11) is 0. The molecule has 3 nitrogen and oxygen atoms in total. The SMILES string of the molecule is Cc1nnsc1C(=S)NC1CCCc2ccccc21. The van der Waals surface area contributed by atoms with Gasteiger partial charge >= 0.3 is 0 Å². The zero-order chi connectivity index (χ0) is 13.2. The Balaban J connectivity index is 1.82. The van der Waals surface area contributed by atoms with Gasteiger partial charge in [0.15, 0.2) is 0 Å². The molecule has 1 N–H and O–H groups in total. The molecule has 1 aliphatic rings. The van der Waals surface area contributed by atoms with Gasteiger partial charge in [0.1, 0.15) is 9.87 Å². The van der Waals surface area contributed by atoms with Gasteiger partial charge in [0.25, 0.3) is 0 Å². The molecule has 1 atom stereocenters. The van der Waals surface area contributed by atoms with E-state index in [2.05, 4.69) is 39.2 Å². The first-order chi connectivity index (χ1) is 9.25. The molecule has 1 aromatic carbocycles. The van der Waals surface area contributed by atoms with Gasteiger partial charge in [0.2, 0.25) is 0 Å². The van der Waals surface area contributed by atoms with Gasteiger partial charge in [-0.05, 0) is 48.8 Å². The lowest BCUT2D eigenvalue weighted by Crippen LogP contribution is -2.30. The molecule has 2 aromatic rings. The van der Waals surface area contributed by atoms with Crippen LogP contribution in [-0.4, -0.2) is 14.6 Å². The van der Waals surface area contributed by atoms with E-state index in [1.807, 2.05) is 6.92 Å². The standard InChI is InChI=1S/C14H15N3S2/c1-9-13(19-17-16-9)14(18)15-12-8-4-6-10-5-2-3-7-11(10)12/h2-3,5,7,12H,4,6,8H2,1H3,(H,15,18). The van der Waals surface area contributed by atoms with Gasteiger partial charge < -0.3 is 5.32 Å².